The van der Waals surface area contributed by atoms with Gasteiger partial charge in [-0.1, -0.05) is 306 Å². The van der Waals surface area contributed by atoms with Gasteiger partial charge in [-0.25, -0.2) is 9.97 Å². The van der Waals surface area contributed by atoms with E-state index in [9.17, 15) is 0 Å². The van der Waals surface area contributed by atoms with E-state index in [4.69, 9.17) is 21.6 Å². The lowest BCUT2D eigenvalue weighted by Gasteiger charge is -2.37. The van der Waals surface area contributed by atoms with Crippen molar-refractivity contribution in [2.45, 2.75) is 157 Å². The zero-order chi connectivity index (χ0) is 84.1. The summed E-state index contributed by atoms with van der Waals surface area (Å²) >= 11 is 7.77. The van der Waals surface area contributed by atoms with Crippen molar-refractivity contribution < 1.29 is 0 Å². The highest BCUT2D eigenvalue weighted by Crippen LogP contribution is 2.50. The number of anilines is 12. The number of hydrogen-bond acceptors (Lipinski definition) is 6. The summed E-state index contributed by atoms with van der Waals surface area (Å²) in [6.07, 6.45) is 1.90. The number of fused-ring (bicyclic) bond motifs is 8. The van der Waals surface area contributed by atoms with Crippen LogP contribution in [0.5, 0.6) is 0 Å². The molecule has 16 aromatic rings. The lowest BCUT2D eigenvalue weighted by atomic mass is 9.39. The highest BCUT2D eigenvalue weighted by Gasteiger charge is 2.46. The highest BCUT2D eigenvalue weighted by atomic mass is 35.5. The Morgan fingerprint density at radius 1 is 0.292 bits per heavy atom. The van der Waals surface area contributed by atoms with Gasteiger partial charge in [0.1, 0.15) is 6.33 Å². The number of benzene rings is 14. The van der Waals surface area contributed by atoms with Gasteiger partial charge in [0, 0.05) is 68.2 Å². The summed E-state index contributed by atoms with van der Waals surface area (Å²) < 4.78 is 4.61. The van der Waals surface area contributed by atoms with Crippen molar-refractivity contribution in [2.24, 2.45) is 0 Å². The highest BCUT2D eigenvalue weighted by molar-refractivity contribution is 6.99. The van der Waals surface area contributed by atoms with Crippen LogP contribution in [-0.2, 0) is 32.5 Å². The van der Waals surface area contributed by atoms with E-state index in [-0.39, 0.29) is 39.2 Å². The van der Waals surface area contributed by atoms with Crippen LogP contribution in [0.3, 0.4) is 0 Å². The van der Waals surface area contributed by atoms with Crippen molar-refractivity contribution >= 4 is 125 Å². The molecule has 0 unspecified atom stereocenters. The first kappa shape index (κ1) is 80.0. The minimum Gasteiger partial charge on any atom is -0.311 e. The molecule has 14 aromatic carbocycles. The lowest BCUT2D eigenvalue weighted by Crippen LogP contribution is -2.55. The van der Waals surface area contributed by atoms with Gasteiger partial charge < -0.3 is 24.2 Å². The largest absolute Gasteiger partial charge is 0.311 e. The summed E-state index contributed by atoms with van der Waals surface area (Å²) in [5.74, 6) is 0. The Morgan fingerprint density at radius 3 is 1.15 bits per heavy atom. The lowest BCUT2D eigenvalue weighted by molar-refractivity contribution is 0.589. The van der Waals surface area contributed by atoms with E-state index >= 15 is 0 Å². The van der Waals surface area contributed by atoms with Crippen LogP contribution in [0, 0.1) is 0 Å². The molecule has 2 aliphatic heterocycles. The van der Waals surface area contributed by atoms with Gasteiger partial charge in [0.25, 0.3) is 6.71 Å². The molecule has 598 valence electrons. The maximum Gasteiger partial charge on any atom is 0.294 e. The molecule has 0 saturated heterocycles. The Balaban J connectivity index is 0.000000171. The SMILES string of the molecule is CC(C)(C)c1ccc(N(c2ccc(C(C)(C)C)cc2)c2ccc3c(c2)N(c2ccccc2)c2cc(C(C)(C)C)cc4c2B3c2nc3ccc(-c5ccccc5)cc3n2-4)cc1.CC(C)(C)c1ccc(N(c2ccc(C(C)(C)C)cc2)c2cccc(N(c3ccccc3)c3cc(C(C)(C)C)cc(-n4cnc5ccc(-c6ccccc6)cc54)c3Cl)c2)cc1. The average molecular weight is 1590 g/mol. The number of aromatic nitrogens is 4. The molecular weight excluding hydrogens is 1480 g/mol. The quantitative estimate of drug-likeness (QED) is 0.107. The van der Waals surface area contributed by atoms with Crippen molar-refractivity contribution in [1.82, 2.24) is 19.1 Å². The van der Waals surface area contributed by atoms with E-state index in [1.54, 1.807) is 0 Å². The third-order valence-electron chi connectivity index (χ3n) is 24.0. The summed E-state index contributed by atoms with van der Waals surface area (Å²) in [6.45, 7) is 40.9. The van der Waals surface area contributed by atoms with E-state index in [0.717, 1.165) is 107 Å². The number of para-hydroxylation sites is 2. The predicted octanol–water partition coefficient (Wildman–Crippen LogP) is 28.8. The Hall–Kier alpha value is -12.4. The first-order valence-electron chi connectivity index (χ1n) is 42.3. The molecule has 0 bridgehead atoms. The van der Waals surface area contributed by atoms with E-state index in [1.165, 1.54) is 66.9 Å². The minimum atomic E-state index is -0.181. The molecule has 2 aromatic heterocycles. The molecule has 120 heavy (non-hydrogen) atoms. The predicted molar refractivity (Wildman–Crippen MR) is 514 cm³/mol. The molecule has 4 heterocycles. The van der Waals surface area contributed by atoms with Crippen molar-refractivity contribution in [1.29, 1.82) is 0 Å². The Kier molecular flexibility index (Phi) is 20.5. The summed E-state index contributed by atoms with van der Waals surface area (Å²) in [5, 5.41) is 0.633. The average Bonchev–Trinajstić information content (AvgIpc) is 1.52. The zero-order valence-electron chi connectivity index (χ0n) is 72.7. The van der Waals surface area contributed by atoms with E-state index in [1.807, 2.05) is 12.4 Å². The fourth-order valence-corrected chi connectivity index (χ4v) is 17.4. The van der Waals surface area contributed by atoms with Crippen LogP contribution >= 0.6 is 11.6 Å². The van der Waals surface area contributed by atoms with Crippen LogP contribution in [0.4, 0.5) is 68.2 Å². The molecule has 0 saturated carbocycles. The molecule has 0 atom stereocenters. The number of rotatable bonds is 13. The number of hydrogen-bond donors (Lipinski definition) is 0. The Labute approximate surface area is 716 Å². The van der Waals surface area contributed by atoms with Gasteiger partial charge in [-0.2, -0.15) is 0 Å². The molecule has 10 heteroatoms. The summed E-state index contributed by atoms with van der Waals surface area (Å²) in [4.78, 5) is 19.9. The first-order chi connectivity index (χ1) is 57.2. The second kappa shape index (κ2) is 30.7. The van der Waals surface area contributed by atoms with E-state index < -0.39 is 0 Å². The van der Waals surface area contributed by atoms with Gasteiger partial charge in [-0.3, -0.25) is 4.57 Å². The minimum absolute atomic E-state index is 0.0359. The van der Waals surface area contributed by atoms with Crippen LogP contribution in [0.1, 0.15) is 158 Å². The fraction of sp³-hybridized carbons (Fsp3) is 0.218. The van der Waals surface area contributed by atoms with Gasteiger partial charge in [-0.05, 0) is 251 Å². The summed E-state index contributed by atoms with van der Waals surface area (Å²) in [5.41, 5.74) is 35.1. The Morgan fingerprint density at radius 2 is 0.675 bits per heavy atom. The maximum absolute atomic E-state index is 7.77. The Bertz CT molecular complexity index is 6320. The molecule has 0 amide bonds. The molecule has 0 radical (unpaired) electrons. The first-order valence-corrected chi connectivity index (χ1v) is 42.7. The van der Waals surface area contributed by atoms with Crippen LogP contribution in [0.25, 0.3) is 55.7 Å². The maximum atomic E-state index is 7.77. The van der Waals surface area contributed by atoms with Crippen molar-refractivity contribution in [3.8, 4) is 33.6 Å². The van der Waals surface area contributed by atoms with Crippen LogP contribution in [0.15, 0.2) is 328 Å². The monoisotopic (exact) mass is 1590 g/mol. The van der Waals surface area contributed by atoms with Crippen LogP contribution < -0.4 is 36.2 Å². The number of imidazole rings is 2. The molecule has 8 nitrogen and oxygen atoms in total. The van der Waals surface area contributed by atoms with Gasteiger partial charge in [0.15, 0.2) is 0 Å². The molecule has 0 fully saturated rings. The zero-order valence-corrected chi connectivity index (χ0v) is 73.5. The normalized spacial score (nSPS) is 12.8. The third-order valence-corrected chi connectivity index (χ3v) is 24.4. The number of nitrogens with zero attached hydrogens (tertiary/aromatic N) is 8. The second-order valence-electron chi connectivity index (χ2n) is 38.7. The smallest absolute Gasteiger partial charge is 0.294 e. The number of halogens is 1. The van der Waals surface area contributed by atoms with Crippen LogP contribution in [0.2, 0.25) is 5.02 Å². The van der Waals surface area contributed by atoms with Crippen molar-refractivity contribution in [3.63, 3.8) is 0 Å². The van der Waals surface area contributed by atoms with Gasteiger partial charge >= 0.3 is 0 Å². The van der Waals surface area contributed by atoms with Crippen molar-refractivity contribution in [3.05, 3.63) is 366 Å². The third kappa shape index (κ3) is 15.4. The van der Waals surface area contributed by atoms with E-state index in [0.29, 0.717) is 5.02 Å². The van der Waals surface area contributed by atoms with Gasteiger partial charge in [0.05, 0.1) is 44.2 Å². The summed E-state index contributed by atoms with van der Waals surface area (Å²) in [7, 11) is 0. The topological polar surface area (TPSA) is 48.6 Å². The fourth-order valence-electron chi connectivity index (χ4n) is 17.1. The second-order valence-corrected chi connectivity index (χ2v) is 39.1. The molecule has 18 rings (SSSR count). The van der Waals surface area contributed by atoms with Gasteiger partial charge in [-0.15, -0.1) is 0 Å². The molecule has 2 aliphatic rings. The summed E-state index contributed by atoms with van der Waals surface area (Å²) in [6, 6.07) is 117. The molecular formula is C110H108BClN8. The van der Waals surface area contributed by atoms with E-state index in [2.05, 4.69) is 469 Å². The standard InChI is InChI=1S/C55H53BN4.C55H55ClN4/c1-53(2,3)38-21-25-42(26-22-38)58(43-27-23-39(24-28-43)54(4,5)6)44-29-30-45-47(35-44)59(41-18-14-11-15-19-41)49-33-40(55(7,8)9)34-50-51(49)56(45)52-57-46-31-20-37(32-48(46)60(50)52)36-16-12-10-13-17-36;1-53(2,3)40-24-28-44(29-25-40)59(45-30-26-41(27-31-45)54(4,5)6)46-21-16-22-47(36-46)60(43-19-14-11-15-20-43)51-35-42(55(7,8)9)34-50(52(51)56)58-37-57-48-32-23-39(33-49(48)58)38-17-12-10-13-18-38/h10-35H,1-9H3;10-37H,1-9H3. The molecule has 0 spiro atoms. The molecule has 0 N–H and O–H groups in total. The van der Waals surface area contributed by atoms with Crippen molar-refractivity contribution in [2.75, 3.05) is 19.6 Å². The van der Waals surface area contributed by atoms with Crippen LogP contribution in [-0.4, -0.2) is 25.8 Å². The van der Waals surface area contributed by atoms with Gasteiger partial charge in [0.2, 0.25) is 0 Å². The molecule has 0 aliphatic carbocycles.